The molecule has 1 saturated heterocycles. The molecular weight excluding hydrogens is 328 g/mol. The highest BCUT2D eigenvalue weighted by Gasteiger charge is 2.38. The summed E-state index contributed by atoms with van der Waals surface area (Å²) >= 11 is 0. The number of carbonyl (C=O) groups is 1. The van der Waals surface area contributed by atoms with Crippen LogP contribution in [0, 0.1) is 23.7 Å². The predicted molar refractivity (Wildman–Crippen MR) is 97.3 cm³/mol. The van der Waals surface area contributed by atoms with Gasteiger partial charge in [-0.3, -0.25) is 9.20 Å². The van der Waals surface area contributed by atoms with Crippen LogP contribution in [0.25, 0.3) is 16.7 Å². The van der Waals surface area contributed by atoms with Crippen LogP contribution in [-0.4, -0.2) is 43.2 Å². The summed E-state index contributed by atoms with van der Waals surface area (Å²) in [5.74, 6) is 2.47. The summed E-state index contributed by atoms with van der Waals surface area (Å²) in [5, 5.41) is 6.50. The van der Waals surface area contributed by atoms with Crippen molar-refractivity contribution >= 4 is 22.6 Å². The number of amides is 1. The second-order valence-electron chi connectivity index (χ2n) is 7.28. The Hall–Kier alpha value is -2.88. The number of likely N-dealkylation sites (tertiary alicyclic amines) is 1. The van der Waals surface area contributed by atoms with E-state index in [-0.39, 0.29) is 11.8 Å². The standard InChI is InChI=1S/C18H21N5O.CHN/c1-11-5-7-22(18(24)12-2-3-12)10-14(11)17-21-9-13-8-20-16-15(23(13)17)4-6-19-16;1-2/h4,6,8-9,11-12,14,19H,2-3,5,7,10H2,1H3;1H/t11-,14+;/m0./s1. The molecule has 0 aromatic carbocycles. The minimum Gasteiger partial charge on any atom is -0.345 e. The third kappa shape index (κ3) is 2.62. The highest BCUT2D eigenvalue weighted by atomic mass is 16.2. The van der Waals surface area contributed by atoms with E-state index in [1.165, 1.54) is 0 Å². The van der Waals surface area contributed by atoms with Crippen molar-refractivity contribution in [2.75, 3.05) is 13.1 Å². The summed E-state index contributed by atoms with van der Waals surface area (Å²) in [7, 11) is 0. The molecule has 4 heterocycles. The van der Waals surface area contributed by atoms with Gasteiger partial charge in [-0.25, -0.2) is 15.2 Å². The van der Waals surface area contributed by atoms with E-state index in [2.05, 4.69) is 32.8 Å². The first kappa shape index (κ1) is 16.6. The van der Waals surface area contributed by atoms with Crippen LogP contribution in [0.1, 0.15) is 37.9 Å². The Morgan fingerprint density at radius 2 is 2.04 bits per heavy atom. The van der Waals surface area contributed by atoms with Crippen LogP contribution in [0.2, 0.25) is 0 Å². The van der Waals surface area contributed by atoms with Gasteiger partial charge in [-0.05, 0) is 31.2 Å². The van der Waals surface area contributed by atoms with Gasteiger partial charge in [-0.1, -0.05) is 6.92 Å². The Morgan fingerprint density at radius 3 is 2.81 bits per heavy atom. The monoisotopic (exact) mass is 350 g/mol. The number of fused-ring (bicyclic) bond motifs is 3. The van der Waals surface area contributed by atoms with Gasteiger partial charge in [0.1, 0.15) is 5.82 Å². The fourth-order valence-electron chi connectivity index (χ4n) is 3.96. The van der Waals surface area contributed by atoms with E-state index in [9.17, 15) is 4.79 Å². The molecule has 2 atom stereocenters. The second kappa shape index (κ2) is 6.45. The maximum Gasteiger partial charge on any atom is 0.225 e. The lowest BCUT2D eigenvalue weighted by Crippen LogP contribution is -2.43. The highest BCUT2D eigenvalue weighted by molar-refractivity contribution is 5.81. The molecule has 1 aliphatic carbocycles. The molecule has 5 rings (SSSR count). The van der Waals surface area contributed by atoms with E-state index in [1.807, 2.05) is 24.7 Å². The maximum absolute atomic E-state index is 12.5. The molecular formula is C19H22N6O. The molecule has 0 unspecified atom stereocenters. The predicted octanol–water partition coefficient (Wildman–Crippen LogP) is 2.71. The van der Waals surface area contributed by atoms with Crippen LogP contribution >= 0.6 is 0 Å². The molecule has 2 aliphatic rings. The van der Waals surface area contributed by atoms with Crippen molar-refractivity contribution in [1.29, 1.82) is 5.26 Å². The van der Waals surface area contributed by atoms with Crippen LogP contribution in [0.15, 0.2) is 24.7 Å². The van der Waals surface area contributed by atoms with Crippen LogP contribution in [-0.2, 0) is 4.79 Å². The van der Waals surface area contributed by atoms with Gasteiger partial charge in [0, 0.05) is 37.7 Å². The lowest BCUT2D eigenvalue weighted by atomic mass is 9.86. The summed E-state index contributed by atoms with van der Waals surface area (Å²) in [4.78, 5) is 26.9. The third-order valence-corrected chi connectivity index (χ3v) is 5.62. The number of nitrogens with zero attached hydrogens (tertiary/aromatic N) is 5. The van der Waals surface area contributed by atoms with Gasteiger partial charge in [0.25, 0.3) is 0 Å². The Morgan fingerprint density at radius 1 is 1.27 bits per heavy atom. The van der Waals surface area contributed by atoms with Gasteiger partial charge in [0.05, 0.1) is 23.4 Å². The fraction of sp³-hybridized carbons (Fsp3) is 0.474. The van der Waals surface area contributed by atoms with Crippen LogP contribution in [0.4, 0.5) is 0 Å². The number of hydrogen-bond donors (Lipinski definition) is 1. The lowest BCUT2D eigenvalue weighted by molar-refractivity contribution is -0.134. The largest absolute Gasteiger partial charge is 0.345 e. The molecule has 2 fully saturated rings. The minimum absolute atomic E-state index is 0.268. The van der Waals surface area contributed by atoms with E-state index in [4.69, 9.17) is 10.2 Å². The normalized spacial score (nSPS) is 23.0. The average Bonchev–Trinajstić information content (AvgIpc) is 3.25. The highest BCUT2D eigenvalue weighted by Crippen LogP contribution is 2.37. The Bertz CT molecular complexity index is 966. The van der Waals surface area contributed by atoms with E-state index < -0.39 is 0 Å². The van der Waals surface area contributed by atoms with Crippen LogP contribution in [0.5, 0.6) is 0 Å². The summed E-state index contributed by atoms with van der Waals surface area (Å²) in [6.07, 6.45) is 8.83. The third-order valence-electron chi connectivity index (χ3n) is 5.62. The van der Waals surface area contributed by atoms with Crippen molar-refractivity contribution in [1.82, 2.24) is 24.3 Å². The number of aromatic nitrogens is 4. The Labute approximate surface area is 151 Å². The minimum atomic E-state index is 0.268. The van der Waals surface area contributed by atoms with Gasteiger partial charge < -0.3 is 9.88 Å². The fourth-order valence-corrected chi connectivity index (χ4v) is 3.96. The topological polar surface area (TPSA) is 90.1 Å². The van der Waals surface area contributed by atoms with E-state index >= 15 is 0 Å². The molecule has 0 spiro atoms. The first-order valence-corrected chi connectivity index (χ1v) is 9.06. The van der Waals surface area contributed by atoms with E-state index in [1.54, 1.807) is 0 Å². The summed E-state index contributed by atoms with van der Waals surface area (Å²) in [6, 6.07) is 2.04. The number of carbonyl (C=O) groups excluding carboxylic acids is 1. The van der Waals surface area contributed by atoms with Crippen molar-refractivity contribution in [2.45, 2.75) is 32.1 Å². The molecule has 7 nitrogen and oxygen atoms in total. The first-order chi connectivity index (χ1) is 12.7. The number of nitriles is 1. The van der Waals surface area contributed by atoms with Gasteiger partial charge in [0.15, 0.2) is 5.65 Å². The molecule has 1 aliphatic heterocycles. The average molecular weight is 350 g/mol. The quantitative estimate of drug-likeness (QED) is 0.769. The smallest absolute Gasteiger partial charge is 0.225 e. The molecule has 1 N–H and O–H groups in total. The lowest BCUT2D eigenvalue weighted by Gasteiger charge is -2.36. The number of piperidine rings is 1. The second-order valence-corrected chi connectivity index (χ2v) is 7.28. The zero-order chi connectivity index (χ0) is 18.3. The molecule has 134 valence electrons. The molecule has 7 heteroatoms. The number of imidazole rings is 1. The number of nitrogens with one attached hydrogen (secondary N) is 1. The summed E-state index contributed by atoms with van der Waals surface area (Å²) < 4.78 is 2.20. The van der Waals surface area contributed by atoms with Crippen LogP contribution < -0.4 is 0 Å². The van der Waals surface area contributed by atoms with Gasteiger partial charge in [-0.2, -0.15) is 0 Å². The van der Waals surface area contributed by atoms with Gasteiger partial charge >= 0.3 is 0 Å². The molecule has 0 radical (unpaired) electrons. The molecule has 1 amide bonds. The van der Waals surface area contributed by atoms with Crippen molar-refractivity contribution in [2.24, 2.45) is 11.8 Å². The molecule has 0 bridgehead atoms. The zero-order valence-electron chi connectivity index (χ0n) is 14.8. The molecule has 26 heavy (non-hydrogen) atoms. The van der Waals surface area contributed by atoms with Crippen molar-refractivity contribution in [3.63, 3.8) is 0 Å². The van der Waals surface area contributed by atoms with Gasteiger partial charge in [0.2, 0.25) is 5.91 Å². The van der Waals surface area contributed by atoms with Crippen LogP contribution in [0.3, 0.4) is 0 Å². The summed E-state index contributed by atoms with van der Waals surface area (Å²) in [5.41, 5.74) is 2.93. The van der Waals surface area contributed by atoms with Crippen molar-refractivity contribution in [3.05, 3.63) is 30.5 Å². The number of rotatable bonds is 2. The number of hydrogen-bond acceptors (Lipinski definition) is 4. The number of aromatic amines is 1. The Balaban J connectivity index is 0.000000814. The molecule has 3 aromatic rings. The van der Waals surface area contributed by atoms with Gasteiger partial charge in [-0.15, -0.1) is 0 Å². The van der Waals surface area contributed by atoms with Crippen molar-refractivity contribution < 1.29 is 4.79 Å². The molecule has 3 aromatic heterocycles. The number of H-pyrrole nitrogens is 1. The SMILES string of the molecule is C#N.C[C@H]1CCN(C(=O)C2CC2)C[C@H]1c1ncc2cnc3[nH]ccc3n12. The van der Waals surface area contributed by atoms with Crippen molar-refractivity contribution in [3.8, 4) is 6.57 Å². The maximum atomic E-state index is 12.5. The van der Waals surface area contributed by atoms with E-state index in [0.29, 0.717) is 11.8 Å². The zero-order valence-corrected chi connectivity index (χ0v) is 14.8. The Kier molecular flexibility index (Phi) is 4.11. The molecule has 1 saturated carbocycles. The summed E-state index contributed by atoms with van der Waals surface area (Å²) in [6.45, 7) is 7.45. The van der Waals surface area contributed by atoms with E-state index in [0.717, 1.165) is 54.9 Å². The first-order valence-electron chi connectivity index (χ1n) is 9.06.